The summed E-state index contributed by atoms with van der Waals surface area (Å²) in [4.78, 5) is 10.5. The number of aldehydes is 1. The maximum atomic E-state index is 10.5. The molecule has 1 aliphatic heterocycles. The van der Waals surface area contributed by atoms with Gasteiger partial charge in [-0.2, -0.15) is 0 Å². The Hall–Kier alpha value is -1.46. The van der Waals surface area contributed by atoms with Crippen LogP contribution in [0.25, 0.3) is 0 Å². The first-order chi connectivity index (χ1) is 7.38. The van der Waals surface area contributed by atoms with E-state index in [1.807, 2.05) is 35.7 Å². The maximum Gasteiger partial charge on any atom is 0.133 e. The number of hydrogen-bond donors (Lipinski definition) is 0. The van der Waals surface area contributed by atoms with Crippen molar-refractivity contribution in [1.29, 1.82) is 0 Å². The van der Waals surface area contributed by atoms with Crippen molar-refractivity contribution >= 4 is 18.0 Å². The van der Waals surface area contributed by atoms with Gasteiger partial charge in [0.05, 0.1) is 5.25 Å². The second kappa shape index (κ2) is 4.86. The summed E-state index contributed by atoms with van der Waals surface area (Å²) in [6.07, 6.45) is 1.76. The van der Waals surface area contributed by atoms with Gasteiger partial charge in [-0.1, -0.05) is 30.0 Å². The molecule has 1 unspecified atom stereocenters. The van der Waals surface area contributed by atoms with E-state index in [9.17, 15) is 4.79 Å². The monoisotopic (exact) mass is 214 g/mol. The Morgan fingerprint density at radius 3 is 2.73 bits per heavy atom. The zero-order valence-electron chi connectivity index (χ0n) is 8.14. The molecule has 1 nitrogen and oxygen atoms in total. The van der Waals surface area contributed by atoms with Gasteiger partial charge in [0.15, 0.2) is 0 Å². The Morgan fingerprint density at radius 1 is 1.27 bits per heavy atom. The summed E-state index contributed by atoms with van der Waals surface area (Å²) in [6, 6.07) is 9.87. The average Bonchev–Trinajstić information content (AvgIpc) is 2.76. The minimum absolute atomic E-state index is 0.0741. The van der Waals surface area contributed by atoms with Crippen LogP contribution in [0.1, 0.15) is 12.0 Å². The normalized spacial score (nSPS) is 18.9. The average molecular weight is 214 g/mol. The molecule has 2 heteroatoms. The number of allylic oxidation sites excluding steroid dienone is 1. The van der Waals surface area contributed by atoms with Gasteiger partial charge in [0.2, 0.25) is 0 Å². The van der Waals surface area contributed by atoms with Crippen molar-refractivity contribution in [2.24, 2.45) is 0 Å². The first kappa shape index (κ1) is 10.1. The molecule has 0 radical (unpaired) electrons. The molecule has 0 spiro atoms. The fourth-order valence-corrected chi connectivity index (χ4v) is 2.15. The lowest BCUT2D eigenvalue weighted by atomic mass is 10.1. The Kier molecular flexibility index (Phi) is 3.26. The fourth-order valence-electron chi connectivity index (χ4n) is 1.32. The van der Waals surface area contributed by atoms with Crippen molar-refractivity contribution in [2.45, 2.75) is 11.7 Å². The molecule has 0 bridgehead atoms. The van der Waals surface area contributed by atoms with Crippen LogP contribution in [0.5, 0.6) is 0 Å². The van der Waals surface area contributed by atoms with Crippen LogP contribution < -0.4 is 0 Å². The smallest absolute Gasteiger partial charge is 0.133 e. The summed E-state index contributed by atoms with van der Waals surface area (Å²) < 4.78 is 0. The summed E-state index contributed by atoms with van der Waals surface area (Å²) >= 11 is 1.55. The van der Waals surface area contributed by atoms with E-state index in [1.54, 1.807) is 11.8 Å². The Balaban J connectivity index is 2.05. The molecule has 74 valence electrons. The zero-order valence-corrected chi connectivity index (χ0v) is 8.96. The van der Waals surface area contributed by atoms with E-state index >= 15 is 0 Å². The van der Waals surface area contributed by atoms with Crippen LogP contribution in [-0.2, 0) is 4.79 Å². The molecular weight excluding hydrogens is 204 g/mol. The van der Waals surface area contributed by atoms with Crippen molar-refractivity contribution < 1.29 is 4.79 Å². The Morgan fingerprint density at radius 2 is 2.07 bits per heavy atom. The van der Waals surface area contributed by atoms with E-state index in [4.69, 9.17) is 0 Å². The predicted molar refractivity (Wildman–Crippen MR) is 63.5 cm³/mol. The molecule has 0 saturated carbocycles. The van der Waals surface area contributed by atoms with Gasteiger partial charge in [0.1, 0.15) is 6.29 Å². The lowest BCUT2D eigenvalue weighted by Gasteiger charge is -1.93. The van der Waals surface area contributed by atoms with Gasteiger partial charge in [-0.05, 0) is 24.0 Å². The predicted octanol–water partition coefficient (Wildman–Crippen LogP) is 2.63. The van der Waals surface area contributed by atoms with E-state index < -0.39 is 0 Å². The molecule has 0 aliphatic carbocycles. The SMILES string of the molecule is O=CC1CC(C#Cc2ccccc2)=CS1. The second-order valence-corrected chi connectivity index (χ2v) is 4.39. The second-order valence-electron chi connectivity index (χ2n) is 3.27. The van der Waals surface area contributed by atoms with Crippen LogP contribution in [0.3, 0.4) is 0 Å². The topological polar surface area (TPSA) is 17.1 Å². The molecule has 1 heterocycles. The first-order valence-corrected chi connectivity index (χ1v) is 5.69. The van der Waals surface area contributed by atoms with Crippen molar-refractivity contribution in [3.05, 3.63) is 46.9 Å². The van der Waals surface area contributed by atoms with Crippen molar-refractivity contribution in [3.63, 3.8) is 0 Å². The summed E-state index contributed by atoms with van der Waals surface area (Å²) in [5.74, 6) is 6.18. The minimum atomic E-state index is 0.0741. The Bertz CT molecular complexity index is 437. The molecule has 0 N–H and O–H groups in total. The number of benzene rings is 1. The van der Waals surface area contributed by atoms with Gasteiger partial charge in [0.25, 0.3) is 0 Å². The molecule has 0 saturated heterocycles. The third-order valence-corrected chi connectivity index (χ3v) is 3.15. The summed E-state index contributed by atoms with van der Waals surface area (Å²) in [6.45, 7) is 0. The summed E-state index contributed by atoms with van der Waals surface area (Å²) in [5, 5.41) is 2.06. The van der Waals surface area contributed by atoms with Gasteiger partial charge in [-0.25, -0.2) is 0 Å². The van der Waals surface area contributed by atoms with Gasteiger partial charge in [-0.3, -0.25) is 0 Å². The van der Waals surface area contributed by atoms with Crippen molar-refractivity contribution in [1.82, 2.24) is 0 Å². The molecule has 1 aromatic rings. The molecule has 0 aromatic heterocycles. The number of thioether (sulfide) groups is 1. The lowest BCUT2D eigenvalue weighted by molar-refractivity contribution is -0.107. The third kappa shape index (κ3) is 2.74. The highest BCUT2D eigenvalue weighted by Crippen LogP contribution is 2.27. The number of rotatable bonds is 1. The Labute approximate surface area is 93.6 Å². The molecule has 0 amide bonds. The minimum Gasteiger partial charge on any atom is -0.302 e. The lowest BCUT2D eigenvalue weighted by Crippen LogP contribution is -1.97. The summed E-state index contributed by atoms with van der Waals surface area (Å²) in [5.41, 5.74) is 2.07. The highest BCUT2D eigenvalue weighted by Gasteiger charge is 2.14. The first-order valence-electron chi connectivity index (χ1n) is 4.75. The maximum absolute atomic E-state index is 10.5. The van der Waals surface area contributed by atoms with Crippen LogP contribution >= 0.6 is 11.8 Å². The third-order valence-electron chi connectivity index (χ3n) is 2.10. The zero-order chi connectivity index (χ0) is 10.5. The highest BCUT2D eigenvalue weighted by molar-refractivity contribution is 8.03. The fraction of sp³-hybridized carbons (Fsp3) is 0.154. The van der Waals surface area contributed by atoms with Crippen LogP contribution in [0.15, 0.2) is 41.3 Å². The van der Waals surface area contributed by atoms with Crippen LogP contribution in [0.4, 0.5) is 0 Å². The van der Waals surface area contributed by atoms with Crippen LogP contribution in [-0.4, -0.2) is 11.5 Å². The number of hydrogen-bond acceptors (Lipinski definition) is 2. The van der Waals surface area contributed by atoms with Crippen LogP contribution in [0, 0.1) is 11.8 Å². The number of carbonyl (C=O) groups is 1. The number of carbonyl (C=O) groups excluding carboxylic acids is 1. The van der Waals surface area contributed by atoms with Gasteiger partial charge in [-0.15, -0.1) is 11.8 Å². The molecule has 2 rings (SSSR count). The largest absolute Gasteiger partial charge is 0.302 e. The van der Waals surface area contributed by atoms with E-state index in [2.05, 4.69) is 11.8 Å². The molecule has 15 heavy (non-hydrogen) atoms. The molecule has 0 fully saturated rings. The van der Waals surface area contributed by atoms with Gasteiger partial charge < -0.3 is 4.79 Å². The highest BCUT2D eigenvalue weighted by atomic mass is 32.2. The van der Waals surface area contributed by atoms with Gasteiger partial charge in [0, 0.05) is 11.1 Å². The quantitative estimate of drug-likeness (QED) is 0.528. The van der Waals surface area contributed by atoms with Gasteiger partial charge >= 0.3 is 0 Å². The van der Waals surface area contributed by atoms with E-state index in [1.165, 1.54) is 0 Å². The van der Waals surface area contributed by atoms with Crippen molar-refractivity contribution in [2.75, 3.05) is 0 Å². The van der Waals surface area contributed by atoms with E-state index in [-0.39, 0.29) is 5.25 Å². The van der Waals surface area contributed by atoms with Crippen LogP contribution in [0.2, 0.25) is 0 Å². The van der Waals surface area contributed by atoms with E-state index in [0.29, 0.717) is 0 Å². The van der Waals surface area contributed by atoms with Crippen molar-refractivity contribution in [3.8, 4) is 11.8 Å². The van der Waals surface area contributed by atoms with E-state index in [0.717, 1.165) is 23.8 Å². The molecule has 1 atom stereocenters. The molecular formula is C13H10OS. The standard InChI is InChI=1S/C13H10OS/c14-9-13-8-12(10-15-13)7-6-11-4-2-1-3-5-11/h1-5,9-10,13H,8H2. The summed E-state index contributed by atoms with van der Waals surface area (Å²) in [7, 11) is 0. The molecule has 1 aliphatic rings. The molecule has 1 aromatic carbocycles.